The number of allylic oxidation sites excluding steroid dienone is 1. The number of benzene rings is 2. The van der Waals surface area contributed by atoms with E-state index in [4.69, 9.17) is 9.84 Å². The molecule has 0 atom stereocenters. The summed E-state index contributed by atoms with van der Waals surface area (Å²) in [6, 6.07) is 7.76. The van der Waals surface area contributed by atoms with Crippen molar-refractivity contribution >= 4 is 6.08 Å². The molecule has 27 heavy (non-hydrogen) atoms. The highest BCUT2D eigenvalue weighted by Crippen LogP contribution is 2.39. The van der Waals surface area contributed by atoms with Crippen molar-refractivity contribution in [3.05, 3.63) is 70.5 Å². The molecule has 2 nitrogen and oxygen atoms in total. The van der Waals surface area contributed by atoms with Gasteiger partial charge in [0.25, 0.3) is 0 Å². The molecule has 0 heterocycles. The van der Waals surface area contributed by atoms with E-state index >= 15 is 0 Å². The van der Waals surface area contributed by atoms with E-state index < -0.39 is 11.6 Å². The second-order valence-electron chi connectivity index (χ2n) is 6.97. The summed E-state index contributed by atoms with van der Waals surface area (Å²) < 4.78 is 47.0. The summed E-state index contributed by atoms with van der Waals surface area (Å²) >= 11 is 0. The van der Waals surface area contributed by atoms with Gasteiger partial charge in [-0.2, -0.15) is 4.39 Å². The van der Waals surface area contributed by atoms with Crippen molar-refractivity contribution in [2.45, 2.75) is 38.2 Å². The summed E-state index contributed by atoms with van der Waals surface area (Å²) in [4.78, 5) is 0. The summed E-state index contributed by atoms with van der Waals surface area (Å²) in [5, 5.41) is 9.03. The average molecular weight is 376 g/mol. The zero-order valence-corrected chi connectivity index (χ0v) is 15.2. The lowest BCUT2D eigenvalue weighted by Crippen LogP contribution is -2.13. The maximum absolute atomic E-state index is 14.3. The van der Waals surface area contributed by atoms with Crippen molar-refractivity contribution in [1.82, 2.24) is 0 Å². The molecule has 0 bridgehead atoms. The van der Waals surface area contributed by atoms with Crippen molar-refractivity contribution in [2.75, 3.05) is 7.11 Å². The van der Waals surface area contributed by atoms with Crippen molar-refractivity contribution in [3.8, 4) is 5.75 Å². The second kappa shape index (κ2) is 8.61. The van der Waals surface area contributed by atoms with Gasteiger partial charge in [0, 0.05) is 5.56 Å². The van der Waals surface area contributed by atoms with Gasteiger partial charge in [-0.15, -0.1) is 0 Å². The average Bonchev–Trinajstić information content (AvgIpc) is 2.69. The van der Waals surface area contributed by atoms with E-state index in [-0.39, 0.29) is 30.0 Å². The monoisotopic (exact) mass is 376 g/mol. The molecule has 144 valence electrons. The van der Waals surface area contributed by atoms with Gasteiger partial charge in [0.1, 0.15) is 5.82 Å². The van der Waals surface area contributed by atoms with Crippen LogP contribution < -0.4 is 4.74 Å². The molecule has 3 rings (SSSR count). The summed E-state index contributed by atoms with van der Waals surface area (Å²) in [6.07, 6.45) is 6.93. The summed E-state index contributed by atoms with van der Waals surface area (Å²) in [5.41, 5.74) is 1.43. The molecule has 1 N–H and O–H groups in total. The normalized spacial score (nSPS) is 20.2. The fourth-order valence-electron chi connectivity index (χ4n) is 3.69. The molecule has 2 aromatic carbocycles. The highest BCUT2D eigenvalue weighted by Gasteiger charge is 2.25. The molecule has 0 radical (unpaired) electrons. The molecular weight excluding hydrogens is 353 g/mol. The highest BCUT2D eigenvalue weighted by molar-refractivity contribution is 5.51. The first kappa shape index (κ1) is 19.5. The van der Waals surface area contributed by atoms with Gasteiger partial charge in [0.2, 0.25) is 5.82 Å². The summed E-state index contributed by atoms with van der Waals surface area (Å²) in [7, 11) is 1.31. The van der Waals surface area contributed by atoms with Crippen molar-refractivity contribution in [2.24, 2.45) is 5.92 Å². The molecule has 0 saturated heterocycles. The van der Waals surface area contributed by atoms with Gasteiger partial charge in [-0.05, 0) is 60.8 Å². The molecule has 0 aromatic heterocycles. The minimum absolute atomic E-state index is 0.0179. The first-order valence-corrected chi connectivity index (χ1v) is 9.12. The fourth-order valence-corrected chi connectivity index (χ4v) is 3.69. The first-order chi connectivity index (χ1) is 13.0. The first-order valence-electron chi connectivity index (χ1n) is 9.12. The SMILES string of the molecule is COc1ccc(C2CCC(C=Cc3ccc(CO)cc3F)CC2)c(F)c1F. The molecule has 5 heteroatoms. The molecule has 0 spiro atoms. The maximum Gasteiger partial charge on any atom is 0.200 e. The zero-order chi connectivity index (χ0) is 19.4. The minimum Gasteiger partial charge on any atom is -0.494 e. The summed E-state index contributed by atoms with van der Waals surface area (Å²) in [5.74, 6) is -1.93. The van der Waals surface area contributed by atoms with E-state index in [0.717, 1.165) is 25.7 Å². The van der Waals surface area contributed by atoms with Gasteiger partial charge < -0.3 is 9.84 Å². The standard InChI is InChI=1S/C22H23F3O2/c1-27-20-11-10-18(21(24)22(20)25)16-6-2-14(3-7-16)4-8-17-9-5-15(13-26)12-19(17)23/h4-5,8-12,14,16,26H,2-3,6-7,13H2,1H3. The molecule has 1 aliphatic rings. The van der Waals surface area contributed by atoms with Crippen molar-refractivity contribution in [1.29, 1.82) is 0 Å². The number of aliphatic hydroxyl groups is 1. The Labute approximate surface area is 157 Å². The van der Waals surface area contributed by atoms with Crippen LogP contribution in [0, 0.1) is 23.4 Å². The van der Waals surface area contributed by atoms with E-state index in [1.54, 1.807) is 24.3 Å². The van der Waals surface area contributed by atoms with E-state index in [9.17, 15) is 13.2 Å². The molecule has 0 amide bonds. The molecule has 1 saturated carbocycles. The third-order valence-electron chi connectivity index (χ3n) is 5.30. The Kier molecular flexibility index (Phi) is 6.22. The molecule has 2 aromatic rings. The van der Waals surface area contributed by atoms with Crippen LogP contribution in [0.2, 0.25) is 0 Å². The Balaban J connectivity index is 1.63. The fraction of sp³-hybridized carbons (Fsp3) is 0.364. The Bertz CT molecular complexity index is 825. The molecule has 1 fully saturated rings. The predicted molar refractivity (Wildman–Crippen MR) is 99.0 cm³/mol. The van der Waals surface area contributed by atoms with Crippen LogP contribution in [-0.4, -0.2) is 12.2 Å². The predicted octanol–water partition coefficient (Wildman–Crippen LogP) is 5.59. The van der Waals surface area contributed by atoms with Gasteiger partial charge >= 0.3 is 0 Å². The van der Waals surface area contributed by atoms with Crippen LogP contribution in [0.3, 0.4) is 0 Å². The quantitative estimate of drug-likeness (QED) is 0.737. The van der Waals surface area contributed by atoms with Crippen molar-refractivity contribution in [3.63, 3.8) is 0 Å². The maximum atomic E-state index is 14.3. The third-order valence-corrected chi connectivity index (χ3v) is 5.30. The number of hydrogen-bond acceptors (Lipinski definition) is 2. The van der Waals surface area contributed by atoms with Crippen molar-refractivity contribution < 1.29 is 23.0 Å². The smallest absolute Gasteiger partial charge is 0.200 e. The van der Waals surface area contributed by atoms with E-state index in [0.29, 0.717) is 16.7 Å². The Hall–Kier alpha value is -2.27. The van der Waals surface area contributed by atoms with E-state index in [2.05, 4.69) is 0 Å². The molecule has 0 aliphatic heterocycles. The van der Waals surface area contributed by atoms with Crippen LogP contribution >= 0.6 is 0 Å². The number of ether oxygens (including phenoxy) is 1. The Morgan fingerprint density at radius 1 is 1.04 bits per heavy atom. The van der Waals surface area contributed by atoms with Gasteiger partial charge in [0.05, 0.1) is 13.7 Å². The van der Waals surface area contributed by atoms with Crippen LogP contribution in [0.1, 0.15) is 48.3 Å². The zero-order valence-electron chi connectivity index (χ0n) is 15.2. The van der Waals surface area contributed by atoms with Gasteiger partial charge in [0.15, 0.2) is 11.6 Å². The van der Waals surface area contributed by atoms with Crippen LogP contribution in [0.5, 0.6) is 5.75 Å². The van der Waals surface area contributed by atoms with Gasteiger partial charge in [-0.3, -0.25) is 0 Å². The summed E-state index contributed by atoms with van der Waals surface area (Å²) in [6.45, 7) is -0.187. The van der Waals surface area contributed by atoms with E-state index in [1.165, 1.54) is 19.2 Å². The van der Waals surface area contributed by atoms with E-state index in [1.807, 2.05) is 6.08 Å². The Morgan fingerprint density at radius 2 is 1.78 bits per heavy atom. The lowest BCUT2D eigenvalue weighted by Gasteiger charge is -2.27. The molecule has 1 aliphatic carbocycles. The topological polar surface area (TPSA) is 29.5 Å². The van der Waals surface area contributed by atoms with Crippen LogP contribution in [0.15, 0.2) is 36.4 Å². The lowest BCUT2D eigenvalue weighted by molar-refractivity contribution is 0.281. The second-order valence-corrected chi connectivity index (χ2v) is 6.97. The largest absolute Gasteiger partial charge is 0.494 e. The van der Waals surface area contributed by atoms with Crippen LogP contribution in [-0.2, 0) is 6.61 Å². The number of aliphatic hydroxyl groups excluding tert-OH is 1. The number of hydrogen-bond donors (Lipinski definition) is 1. The lowest BCUT2D eigenvalue weighted by atomic mass is 9.78. The number of methoxy groups -OCH3 is 1. The highest BCUT2D eigenvalue weighted by atomic mass is 19.2. The number of rotatable bonds is 5. The molecular formula is C22H23F3O2. The minimum atomic E-state index is -0.932. The number of halogens is 3. The van der Waals surface area contributed by atoms with Crippen LogP contribution in [0.4, 0.5) is 13.2 Å². The van der Waals surface area contributed by atoms with Gasteiger partial charge in [-0.1, -0.05) is 30.4 Å². The van der Waals surface area contributed by atoms with Crippen LogP contribution in [0.25, 0.3) is 6.08 Å². The Morgan fingerprint density at radius 3 is 2.41 bits per heavy atom. The third kappa shape index (κ3) is 4.35. The van der Waals surface area contributed by atoms with Gasteiger partial charge in [-0.25, -0.2) is 8.78 Å². The molecule has 0 unspecified atom stereocenters.